The number of nitrogens with zero attached hydrogens (tertiary/aromatic N) is 1. The van der Waals surface area contributed by atoms with Crippen LogP contribution in [0.25, 0.3) is 0 Å². The summed E-state index contributed by atoms with van der Waals surface area (Å²) in [6, 6.07) is 12.4. The van der Waals surface area contributed by atoms with E-state index in [1.807, 2.05) is 24.3 Å². The van der Waals surface area contributed by atoms with Gasteiger partial charge in [-0.3, -0.25) is 0 Å². The minimum Gasteiger partial charge on any atom is -0.505 e. The lowest BCUT2D eigenvalue weighted by Crippen LogP contribution is -2.23. The molecule has 0 aliphatic carbocycles. The van der Waals surface area contributed by atoms with E-state index >= 15 is 0 Å². The molecule has 4 heteroatoms. The molecule has 3 nitrogen and oxygen atoms in total. The predicted octanol–water partition coefficient (Wildman–Crippen LogP) is 3.32. The van der Waals surface area contributed by atoms with Crippen LogP contribution in [0.4, 0.5) is 10.1 Å². The number of halogens is 1. The maximum absolute atomic E-state index is 13.4. The van der Waals surface area contributed by atoms with Crippen molar-refractivity contribution in [1.82, 2.24) is 0 Å². The Labute approximate surface area is 117 Å². The molecule has 0 radical (unpaired) electrons. The summed E-state index contributed by atoms with van der Waals surface area (Å²) in [5.41, 5.74) is 1.57. The molecular formula is C16H16FNO2. The van der Waals surface area contributed by atoms with Gasteiger partial charge >= 0.3 is 0 Å². The van der Waals surface area contributed by atoms with Crippen LogP contribution in [0.1, 0.15) is 12.0 Å². The minimum absolute atomic E-state index is 0.268. The van der Waals surface area contributed by atoms with E-state index in [1.165, 1.54) is 6.07 Å². The first-order valence-corrected chi connectivity index (χ1v) is 6.69. The van der Waals surface area contributed by atoms with E-state index in [1.54, 1.807) is 12.1 Å². The summed E-state index contributed by atoms with van der Waals surface area (Å²) >= 11 is 0. The van der Waals surface area contributed by atoms with Crippen molar-refractivity contribution in [2.45, 2.75) is 13.0 Å². The van der Waals surface area contributed by atoms with Gasteiger partial charge < -0.3 is 14.7 Å². The van der Waals surface area contributed by atoms with Gasteiger partial charge in [0, 0.05) is 18.7 Å². The van der Waals surface area contributed by atoms with Gasteiger partial charge in [-0.15, -0.1) is 0 Å². The topological polar surface area (TPSA) is 32.7 Å². The Bertz CT molecular complexity index is 615. The summed E-state index contributed by atoms with van der Waals surface area (Å²) in [5.74, 6) is -0.0158. The SMILES string of the molecule is Oc1c(F)cccc1CN1CCCOc2ccccc21. The number of hydrogen-bond acceptors (Lipinski definition) is 3. The average molecular weight is 273 g/mol. The Morgan fingerprint density at radius 2 is 2.00 bits per heavy atom. The zero-order valence-corrected chi connectivity index (χ0v) is 11.1. The van der Waals surface area contributed by atoms with E-state index in [0.717, 1.165) is 24.4 Å². The molecular weight excluding hydrogens is 257 g/mol. The highest BCUT2D eigenvalue weighted by Crippen LogP contribution is 2.33. The van der Waals surface area contributed by atoms with Crippen LogP contribution in [0.3, 0.4) is 0 Å². The van der Waals surface area contributed by atoms with Gasteiger partial charge in [-0.1, -0.05) is 24.3 Å². The molecule has 3 rings (SSSR count). The van der Waals surface area contributed by atoms with Crippen LogP contribution in [-0.2, 0) is 6.54 Å². The van der Waals surface area contributed by atoms with Crippen molar-refractivity contribution in [2.24, 2.45) is 0 Å². The van der Waals surface area contributed by atoms with Crippen LogP contribution in [0, 0.1) is 5.82 Å². The summed E-state index contributed by atoms with van der Waals surface area (Å²) in [6.45, 7) is 1.94. The number of phenolic OH excluding ortho intramolecular Hbond substituents is 1. The Hall–Kier alpha value is -2.23. The Balaban J connectivity index is 1.92. The Kier molecular flexibility index (Phi) is 3.46. The second kappa shape index (κ2) is 5.41. The number of phenols is 1. The van der Waals surface area contributed by atoms with Crippen LogP contribution in [0.2, 0.25) is 0 Å². The Morgan fingerprint density at radius 3 is 2.90 bits per heavy atom. The van der Waals surface area contributed by atoms with Gasteiger partial charge in [-0.2, -0.15) is 0 Å². The fourth-order valence-electron chi connectivity index (χ4n) is 2.46. The quantitative estimate of drug-likeness (QED) is 0.911. The van der Waals surface area contributed by atoms with Gasteiger partial charge in [-0.05, 0) is 24.6 Å². The van der Waals surface area contributed by atoms with Gasteiger partial charge in [0.1, 0.15) is 5.75 Å². The summed E-state index contributed by atoms with van der Waals surface area (Å²) < 4.78 is 19.1. The number of anilines is 1. The maximum atomic E-state index is 13.4. The molecule has 0 unspecified atom stereocenters. The molecule has 1 aliphatic rings. The van der Waals surface area contributed by atoms with Gasteiger partial charge in [0.2, 0.25) is 0 Å². The summed E-state index contributed by atoms with van der Waals surface area (Å²) in [4.78, 5) is 2.11. The van der Waals surface area contributed by atoms with Crippen LogP contribution < -0.4 is 9.64 Å². The standard InChI is InChI=1S/C16H16FNO2/c17-13-6-3-5-12(16(13)19)11-18-9-4-10-20-15-8-2-1-7-14(15)18/h1-3,5-8,19H,4,9-11H2. The molecule has 1 heterocycles. The third kappa shape index (κ3) is 2.41. The van der Waals surface area contributed by atoms with Crippen LogP contribution >= 0.6 is 0 Å². The first-order chi connectivity index (χ1) is 9.75. The zero-order chi connectivity index (χ0) is 13.9. The Morgan fingerprint density at radius 1 is 1.15 bits per heavy atom. The van der Waals surface area contributed by atoms with Gasteiger partial charge in [0.25, 0.3) is 0 Å². The van der Waals surface area contributed by atoms with E-state index in [9.17, 15) is 9.50 Å². The lowest BCUT2D eigenvalue weighted by atomic mass is 10.1. The number of ether oxygens (including phenoxy) is 1. The van der Waals surface area contributed by atoms with Gasteiger partial charge in [0.05, 0.1) is 12.3 Å². The van der Waals surface area contributed by atoms with Crippen molar-refractivity contribution in [3.63, 3.8) is 0 Å². The van der Waals surface area contributed by atoms with Crippen molar-refractivity contribution in [3.05, 3.63) is 53.8 Å². The maximum Gasteiger partial charge on any atom is 0.165 e. The molecule has 0 spiro atoms. The highest BCUT2D eigenvalue weighted by atomic mass is 19.1. The molecule has 2 aromatic carbocycles. The molecule has 0 aromatic heterocycles. The fourth-order valence-corrected chi connectivity index (χ4v) is 2.46. The molecule has 104 valence electrons. The monoisotopic (exact) mass is 273 g/mol. The number of benzene rings is 2. The van der Waals surface area contributed by atoms with Crippen molar-refractivity contribution >= 4 is 5.69 Å². The van der Waals surface area contributed by atoms with Crippen LogP contribution in [-0.4, -0.2) is 18.3 Å². The molecule has 0 amide bonds. The smallest absolute Gasteiger partial charge is 0.165 e. The summed E-state index contributed by atoms with van der Waals surface area (Å²) in [7, 11) is 0. The average Bonchev–Trinajstić information content (AvgIpc) is 2.67. The van der Waals surface area contributed by atoms with Crippen molar-refractivity contribution in [2.75, 3.05) is 18.1 Å². The largest absolute Gasteiger partial charge is 0.505 e. The number of hydrogen-bond donors (Lipinski definition) is 1. The minimum atomic E-state index is -0.582. The van der Waals surface area contributed by atoms with Crippen molar-refractivity contribution in [3.8, 4) is 11.5 Å². The highest BCUT2D eigenvalue weighted by molar-refractivity contribution is 5.59. The second-order valence-corrected chi connectivity index (χ2v) is 4.84. The molecule has 1 N–H and O–H groups in total. The normalized spacial score (nSPS) is 14.3. The lowest BCUT2D eigenvalue weighted by molar-refractivity contribution is 0.322. The van der Waals surface area contributed by atoms with Crippen LogP contribution in [0.5, 0.6) is 11.5 Å². The summed E-state index contributed by atoms with van der Waals surface area (Å²) in [6.07, 6.45) is 0.894. The van der Waals surface area contributed by atoms with E-state index in [-0.39, 0.29) is 5.75 Å². The first kappa shape index (κ1) is 12.8. The molecule has 0 bridgehead atoms. The third-order valence-corrected chi connectivity index (χ3v) is 3.47. The van der Waals surface area contributed by atoms with E-state index in [0.29, 0.717) is 18.7 Å². The molecule has 1 aliphatic heterocycles. The highest BCUT2D eigenvalue weighted by Gasteiger charge is 2.18. The van der Waals surface area contributed by atoms with E-state index in [4.69, 9.17) is 4.74 Å². The van der Waals surface area contributed by atoms with E-state index in [2.05, 4.69) is 4.90 Å². The number of fused-ring (bicyclic) bond motifs is 1. The molecule has 0 saturated carbocycles. The molecule has 0 fully saturated rings. The lowest BCUT2D eigenvalue weighted by Gasteiger charge is -2.24. The zero-order valence-electron chi connectivity index (χ0n) is 11.1. The summed E-state index contributed by atoms with van der Waals surface area (Å²) in [5, 5.41) is 9.81. The van der Waals surface area contributed by atoms with Crippen LogP contribution in [0.15, 0.2) is 42.5 Å². The van der Waals surface area contributed by atoms with Crippen molar-refractivity contribution in [1.29, 1.82) is 0 Å². The molecule has 2 aromatic rings. The second-order valence-electron chi connectivity index (χ2n) is 4.84. The number of para-hydroxylation sites is 3. The van der Waals surface area contributed by atoms with Gasteiger partial charge in [-0.25, -0.2) is 4.39 Å². The molecule has 0 atom stereocenters. The molecule has 20 heavy (non-hydrogen) atoms. The fraction of sp³-hybridized carbons (Fsp3) is 0.250. The number of aromatic hydroxyl groups is 1. The number of rotatable bonds is 2. The molecule has 0 saturated heterocycles. The van der Waals surface area contributed by atoms with Gasteiger partial charge in [0.15, 0.2) is 11.6 Å². The van der Waals surface area contributed by atoms with E-state index < -0.39 is 5.82 Å². The van der Waals surface area contributed by atoms with Crippen molar-refractivity contribution < 1.29 is 14.2 Å². The third-order valence-electron chi connectivity index (χ3n) is 3.47. The predicted molar refractivity (Wildman–Crippen MR) is 75.7 cm³/mol. The first-order valence-electron chi connectivity index (χ1n) is 6.69.